The lowest BCUT2D eigenvalue weighted by atomic mass is 9.87. The topological polar surface area (TPSA) is 83.0 Å². The average Bonchev–Trinajstić information content (AvgIpc) is 3.05. The van der Waals surface area contributed by atoms with Crippen molar-refractivity contribution in [3.63, 3.8) is 0 Å². The predicted molar refractivity (Wildman–Crippen MR) is 86.9 cm³/mol. The first kappa shape index (κ1) is 19.3. The molecule has 1 aliphatic heterocycles. The Morgan fingerprint density at radius 2 is 2.00 bits per heavy atom. The van der Waals surface area contributed by atoms with Crippen LogP contribution < -0.4 is 16.4 Å². The molecule has 1 unspecified atom stereocenters. The van der Waals surface area contributed by atoms with E-state index in [2.05, 4.69) is 15.7 Å². The molecule has 27 heavy (non-hydrogen) atoms. The smallest absolute Gasteiger partial charge is 0.388 e. The lowest BCUT2D eigenvalue weighted by Gasteiger charge is -2.37. The third-order valence-electron chi connectivity index (χ3n) is 4.55. The second-order valence-corrected chi connectivity index (χ2v) is 6.31. The van der Waals surface area contributed by atoms with Crippen molar-refractivity contribution in [1.29, 1.82) is 0 Å². The minimum Gasteiger partial charge on any atom is -0.388 e. The van der Waals surface area contributed by atoms with Crippen molar-refractivity contribution >= 4 is 5.69 Å². The standard InChI is InChI=1S/C16H17F5N4O2/c17-8-12(15(18)3-5-22-6-4-15)23-11-7-9(13-24-25-14(26)27-13)1-2-10(11)16(19,20)21/h1-2,7,12,22-23H,3-6,8H2,(H,25,26). The van der Waals surface area contributed by atoms with E-state index in [1.807, 2.05) is 5.10 Å². The van der Waals surface area contributed by atoms with Crippen molar-refractivity contribution in [2.75, 3.05) is 25.1 Å². The summed E-state index contributed by atoms with van der Waals surface area (Å²) >= 11 is 0. The lowest BCUT2D eigenvalue weighted by molar-refractivity contribution is -0.137. The molecule has 0 spiro atoms. The van der Waals surface area contributed by atoms with Gasteiger partial charge in [-0.05, 0) is 44.1 Å². The molecular formula is C16H17F5N4O2. The second kappa shape index (κ2) is 7.29. The third-order valence-corrected chi connectivity index (χ3v) is 4.55. The fourth-order valence-corrected chi connectivity index (χ4v) is 3.08. The molecule has 1 saturated heterocycles. The van der Waals surface area contributed by atoms with Gasteiger partial charge in [0.05, 0.1) is 11.6 Å². The molecule has 0 amide bonds. The summed E-state index contributed by atoms with van der Waals surface area (Å²) in [5.74, 6) is -1.11. The van der Waals surface area contributed by atoms with Gasteiger partial charge in [0.15, 0.2) is 0 Å². The molecule has 3 N–H and O–H groups in total. The van der Waals surface area contributed by atoms with Crippen LogP contribution in [0.1, 0.15) is 18.4 Å². The molecule has 0 aliphatic carbocycles. The van der Waals surface area contributed by atoms with Crippen molar-refractivity contribution in [3.05, 3.63) is 34.3 Å². The van der Waals surface area contributed by atoms with E-state index in [4.69, 9.17) is 4.42 Å². The summed E-state index contributed by atoms with van der Waals surface area (Å²) in [4.78, 5) is 11.1. The first-order chi connectivity index (χ1) is 12.7. The molecule has 2 heterocycles. The number of aromatic nitrogens is 2. The number of nitrogens with zero attached hydrogens (tertiary/aromatic N) is 1. The molecule has 2 aromatic rings. The van der Waals surface area contributed by atoms with E-state index < -0.39 is 41.6 Å². The highest BCUT2D eigenvalue weighted by molar-refractivity contribution is 5.65. The van der Waals surface area contributed by atoms with Gasteiger partial charge in [0, 0.05) is 11.3 Å². The summed E-state index contributed by atoms with van der Waals surface area (Å²) in [6.07, 6.45) is -4.79. The average molecular weight is 392 g/mol. The van der Waals surface area contributed by atoms with Gasteiger partial charge in [0.2, 0.25) is 5.89 Å². The first-order valence-corrected chi connectivity index (χ1v) is 8.22. The van der Waals surface area contributed by atoms with E-state index in [0.29, 0.717) is 13.1 Å². The summed E-state index contributed by atoms with van der Waals surface area (Å²) in [7, 11) is 0. The quantitative estimate of drug-likeness (QED) is 0.682. The summed E-state index contributed by atoms with van der Waals surface area (Å²) in [5.41, 5.74) is -3.53. The van der Waals surface area contributed by atoms with Gasteiger partial charge in [-0.3, -0.25) is 0 Å². The zero-order valence-corrected chi connectivity index (χ0v) is 14.0. The number of piperidine rings is 1. The molecule has 1 fully saturated rings. The van der Waals surface area contributed by atoms with Crippen LogP contribution >= 0.6 is 0 Å². The maximum absolute atomic E-state index is 15.1. The zero-order valence-electron chi connectivity index (χ0n) is 14.0. The summed E-state index contributed by atoms with van der Waals surface area (Å²) in [6.45, 7) is -0.575. The fourth-order valence-electron chi connectivity index (χ4n) is 3.08. The number of rotatable bonds is 5. The summed E-state index contributed by atoms with van der Waals surface area (Å²) in [5, 5.41) is 10.9. The van der Waals surface area contributed by atoms with E-state index in [1.54, 1.807) is 0 Å². The SMILES string of the molecule is O=c1[nH]nc(-c2ccc(C(F)(F)F)c(NC(CF)C3(F)CCNCC3)c2)o1. The zero-order chi connectivity index (χ0) is 19.7. The highest BCUT2D eigenvalue weighted by atomic mass is 19.4. The maximum atomic E-state index is 15.1. The Morgan fingerprint density at radius 3 is 2.56 bits per heavy atom. The number of H-pyrrole nitrogens is 1. The lowest BCUT2D eigenvalue weighted by Crippen LogP contribution is -2.51. The normalized spacial score (nSPS) is 18.3. The van der Waals surface area contributed by atoms with E-state index in [0.717, 1.165) is 18.2 Å². The minimum atomic E-state index is -4.74. The summed E-state index contributed by atoms with van der Waals surface area (Å²) < 4.78 is 73.4. The van der Waals surface area contributed by atoms with E-state index >= 15 is 4.39 Å². The Bertz CT molecular complexity index is 842. The van der Waals surface area contributed by atoms with Crippen LogP contribution in [0.3, 0.4) is 0 Å². The van der Waals surface area contributed by atoms with Gasteiger partial charge >= 0.3 is 11.9 Å². The van der Waals surface area contributed by atoms with Gasteiger partial charge in [0.25, 0.3) is 0 Å². The van der Waals surface area contributed by atoms with Crippen LogP contribution in [0.15, 0.2) is 27.4 Å². The van der Waals surface area contributed by atoms with Crippen LogP contribution in [0.2, 0.25) is 0 Å². The van der Waals surface area contributed by atoms with Crippen molar-refractivity contribution in [1.82, 2.24) is 15.5 Å². The molecule has 3 rings (SSSR count). The van der Waals surface area contributed by atoms with Crippen LogP contribution in [-0.4, -0.2) is 41.7 Å². The van der Waals surface area contributed by atoms with Gasteiger partial charge in [-0.25, -0.2) is 18.7 Å². The molecule has 11 heteroatoms. The van der Waals surface area contributed by atoms with Crippen molar-refractivity contribution in [2.45, 2.75) is 30.7 Å². The third kappa shape index (κ3) is 4.12. The molecule has 1 atom stereocenters. The molecule has 1 aliphatic rings. The number of alkyl halides is 5. The Kier molecular flexibility index (Phi) is 5.22. The fraction of sp³-hybridized carbons (Fsp3) is 0.500. The van der Waals surface area contributed by atoms with E-state index in [1.165, 1.54) is 0 Å². The largest absolute Gasteiger partial charge is 0.434 e. The number of hydrogen-bond donors (Lipinski definition) is 3. The number of aromatic amines is 1. The minimum absolute atomic E-state index is 0.0239. The van der Waals surface area contributed by atoms with Crippen LogP contribution in [-0.2, 0) is 6.18 Å². The van der Waals surface area contributed by atoms with Crippen molar-refractivity contribution in [2.24, 2.45) is 0 Å². The van der Waals surface area contributed by atoms with Crippen molar-refractivity contribution < 1.29 is 26.4 Å². The second-order valence-electron chi connectivity index (χ2n) is 6.31. The van der Waals surface area contributed by atoms with Crippen LogP contribution in [0, 0.1) is 0 Å². The Hall–Kier alpha value is -2.43. The highest BCUT2D eigenvalue weighted by Gasteiger charge is 2.42. The molecule has 0 saturated carbocycles. The number of nitrogens with one attached hydrogen (secondary N) is 3. The molecule has 1 aromatic carbocycles. The summed E-state index contributed by atoms with van der Waals surface area (Å²) in [6, 6.07) is 1.36. The highest BCUT2D eigenvalue weighted by Crippen LogP contribution is 2.39. The maximum Gasteiger partial charge on any atom is 0.434 e. The van der Waals surface area contributed by atoms with Crippen LogP contribution in [0.5, 0.6) is 0 Å². The molecule has 0 radical (unpaired) electrons. The first-order valence-electron chi connectivity index (χ1n) is 8.22. The van der Waals surface area contributed by atoms with Gasteiger partial charge in [-0.1, -0.05) is 0 Å². The Morgan fingerprint density at radius 1 is 1.30 bits per heavy atom. The van der Waals surface area contributed by atoms with Gasteiger partial charge < -0.3 is 15.1 Å². The van der Waals surface area contributed by atoms with Crippen LogP contribution in [0.25, 0.3) is 11.5 Å². The van der Waals surface area contributed by atoms with E-state index in [-0.39, 0.29) is 24.3 Å². The van der Waals surface area contributed by atoms with Gasteiger partial charge in [0.1, 0.15) is 12.3 Å². The number of halogens is 5. The monoisotopic (exact) mass is 392 g/mol. The molecule has 148 valence electrons. The predicted octanol–water partition coefficient (Wildman–Crippen LogP) is 2.89. The van der Waals surface area contributed by atoms with Gasteiger partial charge in [-0.15, -0.1) is 5.10 Å². The molecular weight excluding hydrogens is 375 g/mol. The number of hydrogen-bond acceptors (Lipinski definition) is 5. The molecule has 6 nitrogen and oxygen atoms in total. The van der Waals surface area contributed by atoms with Gasteiger partial charge in [-0.2, -0.15) is 13.2 Å². The molecule has 1 aromatic heterocycles. The Labute approximate surface area is 150 Å². The van der Waals surface area contributed by atoms with E-state index in [9.17, 15) is 22.4 Å². The Balaban J connectivity index is 1.98. The number of anilines is 1. The van der Waals surface area contributed by atoms with Crippen LogP contribution in [0.4, 0.5) is 27.6 Å². The number of benzene rings is 1. The molecule has 0 bridgehead atoms. The van der Waals surface area contributed by atoms with Crippen molar-refractivity contribution in [3.8, 4) is 11.5 Å².